The minimum absolute atomic E-state index is 0.0205. The van der Waals surface area contributed by atoms with Crippen LogP contribution in [0.1, 0.15) is 33.5 Å². The number of hydrogen-bond donors (Lipinski definition) is 2. The minimum Gasteiger partial charge on any atom is -0.369 e. The van der Waals surface area contributed by atoms with Crippen LogP contribution < -0.4 is 10.0 Å². The van der Waals surface area contributed by atoms with Crippen LogP contribution in [-0.2, 0) is 15.4 Å². The van der Waals surface area contributed by atoms with Crippen LogP contribution in [0.25, 0.3) is 0 Å². The summed E-state index contributed by atoms with van der Waals surface area (Å²) in [6, 6.07) is 1.58. The van der Waals surface area contributed by atoms with E-state index in [1.807, 2.05) is 20.8 Å². The summed E-state index contributed by atoms with van der Waals surface area (Å²) in [5.74, 6) is 1.12. The fourth-order valence-corrected chi connectivity index (χ4v) is 2.59. The average Bonchev–Trinajstić information content (AvgIpc) is 2.26. The summed E-state index contributed by atoms with van der Waals surface area (Å²) in [4.78, 5) is 8.52. The van der Waals surface area contributed by atoms with Gasteiger partial charge in [-0.15, -0.1) is 0 Å². The molecule has 114 valence electrons. The molecule has 0 aliphatic heterocycles. The third kappa shape index (κ3) is 5.60. The molecule has 1 aromatic heterocycles. The zero-order valence-corrected chi connectivity index (χ0v) is 13.8. The molecule has 1 aromatic rings. The predicted octanol–water partition coefficient (Wildman–Crippen LogP) is 1.78. The summed E-state index contributed by atoms with van der Waals surface area (Å²) in [5.41, 5.74) is -0.225. The SMILES string of the molecule is CCNS(=O)(=O)CCNc1cc(Cl)nc(C(C)(C)C)n1. The number of nitrogens with zero attached hydrogens (tertiary/aromatic N) is 2. The Morgan fingerprint density at radius 1 is 1.30 bits per heavy atom. The van der Waals surface area contributed by atoms with E-state index < -0.39 is 10.0 Å². The van der Waals surface area contributed by atoms with E-state index >= 15 is 0 Å². The Kier molecular flexibility index (Phi) is 5.73. The summed E-state index contributed by atoms with van der Waals surface area (Å²) in [6.45, 7) is 8.33. The van der Waals surface area contributed by atoms with Gasteiger partial charge in [0, 0.05) is 24.6 Å². The van der Waals surface area contributed by atoms with Gasteiger partial charge in [-0.2, -0.15) is 0 Å². The van der Waals surface area contributed by atoms with E-state index in [9.17, 15) is 8.42 Å². The highest BCUT2D eigenvalue weighted by Crippen LogP contribution is 2.22. The zero-order valence-electron chi connectivity index (χ0n) is 12.2. The molecule has 0 unspecified atom stereocenters. The summed E-state index contributed by atoms with van der Waals surface area (Å²) < 4.78 is 25.4. The number of hydrogen-bond acceptors (Lipinski definition) is 5. The first-order chi connectivity index (χ1) is 9.14. The molecule has 0 aromatic carbocycles. The van der Waals surface area contributed by atoms with Crippen LogP contribution in [0.15, 0.2) is 6.07 Å². The number of nitrogens with one attached hydrogen (secondary N) is 2. The van der Waals surface area contributed by atoms with Gasteiger partial charge in [-0.1, -0.05) is 39.3 Å². The number of halogens is 1. The first-order valence-corrected chi connectivity index (χ1v) is 8.43. The second kappa shape index (κ2) is 6.69. The lowest BCUT2D eigenvalue weighted by Gasteiger charge is -2.17. The zero-order chi connectivity index (χ0) is 15.4. The Balaban J connectivity index is 2.72. The highest BCUT2D eigenvalue weighted by atomic mass is 35.5. The van der Waals surface area contributed by atoms with E-state index in [1.54, 1.807) is 13.0 Å². The van der Waals surface area contributed by atoms with Gasteiger partial charge in [-0.05, 0) is 0 Å². The molecule has 20 heavy (non-hydrogen) atoms. The molecular formula is C12H21ClN4O2S. The number of anilines is 1. The Hall–Kier alpha value is -0.920. The molecule has 0 amide bonds. The molecule has 0 aliphatic rings. The highest BCUT2D eigenvalue weighted by Gasteiger charge is 2.19. The van der Waals surface area contributed by atoms with Crippen LogP contribution in [0.5, 0.6) is 0 Å². The Labute approximate surface area is 125 Å². The van der Waals surface area contributed by atoms with Crippen LogP contribution in [0, 0.1) is 0 Å². The second-order valence-corrected chi connectivity index (χ2v) is 7.71. The van der Waals surface area contributed by atoms with Gasteiger partial charge in [0.15, 0.2) is 0 Å². The number of sulfonamides is 1. The summed E-state index contributed by atoms with van der Waals surface area (Å²) >= 11 is 5.95. The molecule has 0 saturated carbocycles. The molecule has 0 atom stereocenters. The Morgan fingerprint density at radius 2 is 1.95 bits per heavy atom. The van der Waals surface area contributed by atoms with Crippen molar-refractivity contribution in [2.45, 2.75) is 33.1 Å². The third-order valence-electron chi connectivity index (χ3n) is 2.41. The van der Waals surface area contributed by atoms with Gasteiger partial charge >= 0.3 is 0 Å². The summed E-state index contributed by atoms with van der Waals surface area (Å²) in [7, 11) is -3.24. The van der Waals surface area contributed by atoms with Crippen molar-refractivity contribution in [3.8, 4) is 0 Å². The predicted molar refractivity (Wildman–Crippen MR) is 81.7 cm³/mol. The number of aromatic nitrogens is 2. The third-order valence-corrected chi connectivity index (χ3v) is 4.07. The largest absolute Gasteiger partial charge is 0.369 e. The molecule has 0 radical (unpaired) electrons. The van der Waals surface area contributed by atoms with Crippen molar-refractivity contribution in [1.29, 1.82) is 0 Å². The molecule has 0 spiro atoms. The number of rotatable bonds is 6. The molecule has 0 fully saturated rings. The highest BCUT2D eigenvalue weighted by molar-refractivity contribution is 7.89. The van der Waals surface area contributed by atoms with Gasteiger partial charge in [-0.25, -0.2) is 23.1 Å². The van der Waals surface area contributed by atoms with Gasteiger partial charge in [-0.3, -0.25) is 0 Å². The Bertz CT molecular complexity index is 555. The Morgan fingerprint density at radius 3 is 2.50 bits per heavy atom. The van der Waals surface area contributed by atoms with Crippen LogP contribution in [0.3, 0.4) is 0 Å². The van der Waals surface area contributed by atoms with Crippen molar-refractivity contribution >= 4 is 27.4 Å². The van der Waals surface area contributed by atoms with Gasteiger partial charge < -0.3 is 5.32 Å². The minimum atomic E-state index is -3.24. The molecule has 0 aliphatic carbocycles. The summed E-state index contributed by atoms with van der Waals surface area (Å²) in [6.07, 6.45) is 0. The van der Waals surface area contributed by atoms with Crippen molar-refractivity contribution in [2.24, 2.45) is 0 Å². The van der Waals surface area contributed by atoms with Crippen molar-refractivity contribution in [3.63, 3.8) is 0 Å². The van der Waals surface area contributed by atoms with E-state index in [0.717, 1.165) is 0 Å². The molecule has 8 heteroatoms. The van der Waals surface area contributed by atoms with Crippen LogP contribution in [0.4, 0.5) is 5.82 Å². The molecular weight excluding hydrogens is 300 g/mol. The maximum absolute atomic E-state index is 11.5. The average molecular weight is 321 g/mol. The first-order valence-electron chi connectivity index (χ1n) is 6.40. The van der Waals surface area contributed by atoms with Crippen molar-refractivity contribution < 1.29 is 8.42 Å². The van der Waals surface area contributed by atoms with Crippen LogP contribution >= 0.6 is 11.6 Å². The fraction of sp³-hybridized carbons (Fsp3) is 0.667. The van der Waals surface area contributed by atoms with E-state index in [4.69, 9.17) is 11.6 Å². The standard InChI is InChI=1S/C12H21ClN4O2S/c1-5-15-20(18,19)7-6-14-10-8-9(13)16-11(17-10)12(2,3)4/h8,15H,5-7H2,1-4H3,(H,14,16,17). The van der Waals surface area contributed by atoms with E-state index in [1.165, 1.54) is 0 Å². The van der Waals surface area contributed by atoms with Gasteiger partial charge in [0.1, 0.15) is 16.8 Å². The molecule has 2 N–H and O–H groups in total. The fourth-order valence-electron chi connectivity index (χ4n) is 1.45. The van der Waals surface area contributed by atoms with E-state index in [2.05, 4.69) is 20.0 Å². The molecule has 1 heterocycles. The topological polar surface area (TPSA) is 84.0 Å². The van der Waals surface area contributed by atoms with Crippen molar-refractivity contribution in [3.05, 3.63) is 17.0 Å². The maximum Gasteiger partial charge on any atom is 0.213 e. The normalized spacial score (nSPS) is 12.4. The van der Waals surface area contributed by atoms with Gasteiger partial charge in [0.05, 0.1) is 5.75 Å². The maximum atomic E-state index is 11.5. The monoisotopic (exact) mass is 320 g/mol. The van der Waals surface area contributed by atoms with Gasteiger partial charge in [0.25, 0.3) is 0 Å². The van der Waals surface area contributed by atoms with Gasteiger partial charge in [0.2, 0.25) is 10.0 Å². The lowest BCUT2D eigenvalue weighted by Crippen LogP contribution is -2.29. The van der Waals surface area contributed by atoms with Crippen LogP contribution in [0.2, 0.25) is 5.15 Å². The molecule has 0 bridgehead atoms. The lowest BCUT2D eigenvalue weighted by molar-refractivity contribution is 0.546. The second-order valence-electron chi connectivity index (χ2n) is 5.39. The molecule has 0 saturated heterocycles. The van der Waals surface area contributed by atoms with Crippen LogP contribution in [-0.4, -0.2) is 37.2 Å². The van der Waals surface area contributed by atoms with Crippen molar-refractivity contribution in [1.82, 2.24) is 14.7 Å². The van der Waals surface area contributed by atoms with Crippen molar-refractivity contribution in [2.75, 3.05) is 24.2 Å². The molecule has 1 rings (SSSR count). The first kappa shape index (κ1) is 17.1. The van der Waals surface area contributed by atoms with E-state index in [-0.39, 0.29) is 17.7 Å². The lowest BCUT2D eigenvalue weighted by atomic mass is 9.96. The quantitative estimate of drug-likeness (QED) is 0.781. The molecule has 6 nitrogen and oxygen atoms in total. The smallest absolute Gasteiger partial charge is 0.213 e. The summed E-state index contributed by atoms with van der Waals surface area (Å²) in [5, 5.41) is 3.29. The van der Waals surface area contributed by atoms with E-state index in [0.29, 0.717) is 23.3 Å².